The van der Waals surface area contributed by atoms with Crippen LogP contribution in [0, 0.1) is 5.82 Å². The molecule has 24 heavy (non-hydrogen) atoms. The summed E-state index contributed by atoms with van der Waals surface area (Å²) in [5.41, 5.74) is 3.23. The first kappa shape index (κ1) is 15.3. The summed E-state index contributed by atoms with van der Waals surface area (Å²) in [5, 5.41) is 1.15. The number of nitrogens with one attached hydrogen (secondary N) is 1. The third kappa shape index (κ3) is 2.80. The Labute approximate surface area is 140 Å². The van der Waals surface area contributed by atoms with Crippen molar-refractivity contribution in [2.45, 2.75) is 31.7 Å². The van der Waals surface area contributed by atoms with Crippen LogP contribution in [0.2, 0.25) is 0 Å². The largest absolute Gasteiger partial charge is 0.361 e. The molecule has 0 aliphatic carbocycles. The summed E-state index contributed by atoms with van der Waals surface area (Å²) in [4.78, 5) is 14.3. The van der Waals surface area contributed by atoms with Crippen LogP contribution in [0.25, 0.3) is 10.9 Å². The van der Waals surface area contributed by atoms with Gasteiger partial charge >= 0.3 is 0 Å². The maximum absolute atomic E-state index is 13.4. The molecule has 1 atom stereocenters. The topological polar surface area (TPSA) is 44.8 Å². The monoisotopic (exact) mass is 324 g/mol. The molecular formula is C19H21FN4. The number of piperidine rings is 1. The minimum Gasteiger partial charge on any atom is -0.361 e. The Morgan fingerprint density at radius 2 is 2.08 bits per heavy atom. The highest BCUT2D eigenvalue weighted by molar-refractivity contribution is 5.83. The Morgan fingerprint density at radius 3 is 2.83 bits per heavy atom. The minimum absolute atomic E-state index is 0.191. The Balaban J connectivity index is 1.47. The molecular weight excluding hydrogens is 303 g/mol. The van der Waals surface area contributed by atoms with Crippen LogP contribution < -0.4 is 0 Å². The van der Waals surface area contributed by atoms with Crippen molar-refractivity contribution in [2.75, 3.05) is 13.1 Å². The number of H-pyrrole nitrogens is 1. The summed E-state index contributed by atoms with van der Waals surface area (Å²) in [6.07, 6.45) is 9.58. The van der Waals surface area contributed by atoms with E-state index in [-0.39, 0.29) is 11.9 Å². The Morgan fingerprint density at radius 1 is 1.25 bits per heavy atom. The van der Waals surface area contributed by atoms with Gasteiger partial charge in [0.2, 0.25) is 0 Å². The highest BCUT2D eigenvalue weighted by Gasteiger charge is 2.26. The lowest BCUT2D eigenvalue weighted by atomic mass is 9.88. The molecule has 3 aromatic rings. The molecule has 5 heteroatoms. The van der Waals surface area contributed by atoms with E-state index >= 15 is 0 Å². The fraction of sp³-hybridized carbons (Fsp3) is 0.368. The predicted octanol–water partition coefficient (Wildman–Crippen LogP) is 4.04. The third-order valence-corrected chi connectivity index (χ3v) is 5.20. The molecule has 0 unspecified atom stereocenters. The second kappa shape index (κ2) is 6.32. The number of hydrogen-bond donors (Lipinski definition) is 1. The highest BCUT2D eigenvalue weighted by atomic mass is 19.1. The molecule has 0 saturated carbocycles. The van der Waals surface area contributed by atoms with Gasteiger partial charge in [-0.1, -0.05) is 0 Å². The van der Waals surface area contributed by atoms with Crippen molar-refractivity contribution in [3.8, 4) is 0 Å². The van der Waals surface area contributed by atoms with Gasteiger partial charge in [0, 0.05) is 35.7 Å². The molecule has 0 radical (unpaired) electrons. The predicted molar refractivity (Wildman–Crippen MR) is 92.3 cm³/mol. The van der Waals surface area contributed by atoms with Crippen LogP contribution in [0.3, 0.4) is 0 Å². The van der Waals surface area contributed by atoms with Crippen molar-refractivity contribution < 1.29 is 4.39 Å². The zero-order valence-corrected chi connectivity index (χ0v) is 13.7. The summed E-state index contributed by atoms with van der Waals surface area (Å²) >= 11 is 0. The Hall–Kier alpha value is -2.27. The first-order chi connectivity index (χ1) is 11.7. The molecule has 1 fully saturated rings. The molecule has 4 rings (SSSR count). The molecule has 1 aliphatic rings. The van der Waals surface area contributed by atoms with E-state index in [0.29, 0.717) is 5.92 Å². The number of hydrogen-bond acceptors (Lipinski definition) is 3. The van der Waals surface area contributed by atoms with Gasteiger partial charge in [-0.3, -0.25) is 14.9 Å². The Kier molecular flexibility index (Phi) is 4.02. The number of benzene rings is 1. The van der Waals surface area contributed by atoms with Crippen molar-refractivity contribution in [1.82, 2.24) is 19.9 Å². The minimum atomic E-state index is -0.191. The summed E-state index contributed by atoms with van der Waals surface area (Å²) < 4.78 is 13.4. The van der Waals surface area contributed by atoms with Gasteiger partial charge in [0.25, 0.3) is 0 Å². The first-order valence-electron chi connectivity index (χ1n) is 8.49. The molecule has 1 saturated heterocycles. The standard InChI is InChI=1S/C19H21FN4/c1-13(19-12-21-6-7-22-19)24-8-4-14(5-9-24)17-11-23-18-10-15(20)2-3-16(17)18/h2-3,6-7,10-14,23H,4-5,8-9H2,1H3/t13-/m0/s1. The summed E-state index contributed by atoms with van der Waals surface area (Å²) in [6, 6.07) is 5.30. The van der Waals surface area contributed by atoms with Crippen LogP contribution in [0.4, 0.5) is 4.39 Å². The first-order valence-corrected chi connectivity index (χ1v) is 8.49. The van der Waals surface area contributed by atoms with Crippen molar-refractivity contribution in [1.29, 1.82) is 0 Å². The van der Waals surface area contributed by atoms with Gasteiger partial charge in [0.1, 0.15) is 5.82 Å². The van der Waals surface area contributed by atoms with Crippen molar-refractivity contribution in [3.63, 3.8) is 0 Å². The van der Waals surface area contributed by atoms with E-state index in [9.17, 15) is 4.39 Å². The quantitative estimate of drug-likeness (QED) is 0.791. The van der Waals surface area contributed by atoms with Crippen LogP contribution in [0.5, 0.6) is 0 Å². The molecule has 3 heterocycles. The number of likely N-dealkylation sites (tertiary alicyclic amines) is 1. The fourth-order valence-electron chi connectivity index (χ4n) is 3.77. The van der Waals surface area contributed by atoms with E-state index in [1.165, 1.54) is 5.56 Å². The van der Waals surface area contributed by atoms with Crippen LogP contribution >= 0.6 is 0 Å². The SMILES string of the molecule is C[C@@H](c1cnccn1)N1CCC(c2c[nH]c3cc(F)ccc23)CC1. The summed E-state index contributed by atoms with van der Waals surface area (Å²) in [6.45, 7) is 4.27. The van der Waals surface area contributed by atoms with Gasteiger partial charge in [-0.25, -0.2) is 4.39 Å². The molecule has 1 aliphatic heterocycles. The van der Waals surface area contributed by atoms with E-state index in [2.05, 4.69) is 33.0 Å². The summed E-state index contributed by atoms with van der Waals surface area (Å²) in [5.74, 6) is 0.332. The number of halogens is 1. The number of aromatic nitrogens is 3. The second-order valence-electron chi connectivity index (χ2n) is 6.55. The van der Waals surface area contributed by atoms with Crippen LogP contribution in [0.15, 0.2) is 43.0 Å². The third-order valence-electron chi connectivity index (χ3n) is 5.20. The maximum Gasteiger partial charge on any atom is 0.125 e. The van der Waals surface area contributed by atoms with Crippen LogP contribution in [-0.4, -0.2) is 32.9 Å². The van der Waals surface area contributed by atoms with E-state index in [4.69, 9.17) is 0 Å². The van der Waals surface area contributed by atoms with Crippen molar-refractivity contribution in [3.05, 3.63) is 60.1 Å². The van der Waals surface area contributed by atoms with E-state index in [1.807, 2.05) is 12.3 Å². The average molecular weight is 324 g/mol. The fourth-order valence-corrected chi connectivity index (χ4v) is 3.77. The number of aromatic amines is 1. The lowest BCUT2D eigenvalue weighted by Crippen LogP contribution is -2.35. The molecule has 0 bridgehead atoms. The number of rotatable bonds is 3. The van der Waals surface area contributed by atoms with Gasteiger partial charge in [-0.15, -0.1) is 0 Å². The second-order valence-corrected chi connectivity index (χ2v) is 6.55. The highest BCUT2D eigenvalue weighted by Crippen LogP contribution is 2.35. The van der Waals surface area contributed by atoms with E-state index < -0.39 is 0 Å². The van der Waals surface area contributed by atoms with E-state index in [0.717, 1.165) is 42.5 Å². The normalized spacial score (nSPS) is 18.1. The van der Waals surface area contributed by atoms with Gasteiger partial charge in [-0.2, -0.15) is 0 Å². The van der Waals surface area contributed by atoms with Gasteiger partial charge in [0.05, 0.1) is 11.7 Å². The smallest absolute Gasteiger partial charge is 0.125 e. The molecule has 1 N–H and O–H groups in total. The van der Waals surface area contributed by atoms with E-state index in [1.54, 1.807) is 24.5 Å². The molecule has 124 valence electrons. The Bertz CT molecular complexity index is 822. The van der Waals surface area contributed by atoms with Crippen molar-refractivity contribution in [2.24, 2.45) is 0 Å². The molecule has 4 nitrogen and oxygen atoms in total. The van der Waals surface area contributed by atoms with Gasteiger partial charge in [0.15, 0.2) is 0 Å². The zero-order valence-electron chi connectivity index (χ0n) is 13.7. The average Bonchev–Trinajstić information content (AvgIpc) is 3.05. The maximum atomic E-state index is 13.4. The van der Waals surface area contributed by atoms with Gasteiger partial charge in [-0.05, 0) is 62.5 Å². The lowest BCUT2D eigenvalue weighted by Gasteiger charge is -2.35. The molecule has 0 spiro atoms. The number of nitrogens with zero attached hydrogens (tertiary/aromatic N) is 3. The van der Waals surface area contributed by atoms with Crippen LogP contribution in [-0.2, 0) is 0 Å². The summed E-state index contributed by atoms with van der Waals surface area (Å²) in [7, 11) is 0. The van der Waals surface area contributed by atoms with Crippen LogP contribution in [0.1, 0.15) is 43.0 Å². The molecule has 1 aromatic carbocycles. The molecule has 0 amide bonds. The number of fused-ring (bicyclic) bond motifs is 1. The zero-order chi connectivity index (χ0) is 16.5. The lowest BCUT2D eigenvalue weighted by molar-refractivity contribution is 0.160. The van der Waals surface area contributed by atoms with Gasteiger partial charge < -0.3 is 4.98 Å². The molecule has 2 aromatic heterocycles. The van der Waals surface area contributed by atoms with Crippen molar-refractivity contribution >= 4 is 10.9 Å².